The van der Waals surface area contributed by atoms with Crippen LogP contribution >= 0.6 is 35.2 Å². The van der Waals surface area contributed by atoms with Crippen molar-refractivity contribution in [2.24, 2.45) is 0 Å². The van der Waals surface area contributed by atoms with E-state index >= 15 is 0 Å². The molecule has 1 aliphatic heterocycles. The zero-order valence-electron chi connectivity index (χ0n) is 5.23. The van der Waals surface area contributed by atoms with Gasteiger partial charge in [0.1, 0.15) is 0 Å². The van der Waals surface area contributed by atoms with Gasteiger partial charge >= 0.3 is 0 Å². The third-order valence-electron chi connectivity index (χ3n) is 1.23. The summed E-state index contributed by atoms with van der Waals surface area (Å²) in [4.78, 5) is 0. The van der Waals surface area contributed by atoms with Crippen molar-refractivity contribution in [1.29, 1.82) is 0 Å². The number of halogens is 3. The molecule has 11 heavy (non-hydrogen) atoms. The lowest BCUT2D eigenvalue weighted by Gasteiger charge is -2.38. The first kappa shape index (κ1) is 9.76. The second kappa shape index (κ2) is 3.59. The maximum atomic E-state index is 9.11. The monoisotopic (exact) mass is 221 g/mol. The molecule has 0 bridgehead atoms. The van der Waals surface area contributed by atoms with Crippen LogP contribution in [0.5, 0.6) is 0 Å². The Morgan fingerprint density at radius 3 is 2.45 bits per heavy atom. The highest BCUT2D eigenvalue weighted by Gasteiger charge is 2.37. The Bertz CT molecular complexity index is 136. The fourth-order valence-electron chi connectivity index (χ4n) is 0.643. The first-order valence-electron chi connectivity index (χ1n) is 2.73. The minimum atomic E-state index is -1.15. The maximum absolute atomic E-state index is 9.11. The highest BCUT2D eigenvalue weighted by molar-refractivity contribution is 6.23. The van der Waals surface area contributed by atoms with Gasteiger partial charge in [0.05, 0.1) is 11.9 Å². The SMILES string of the molecule is OC1C(Cl)CN(Cl)N(O)N1Cl. The van der Waals surface area contributed by atoms with Crippen LogP contribution in [0.2, 0.25) is 0 Å². The van der Waals surface area contributed by atoms with Crippen molar-refractivity contribution in [1.82, 2.24) is 14.3 Å². The Morgan fingerprint density at radius 2 is 1.91 bits per heavy atom. The van der Waals surface area contributed by atoms with Gasteiger partial charge in [0.25, 0.3) is 0 Å². The molecule has 1 fully saturated rings. The minimum Gasteiger partial charge on any atom is -0.374 e. The van der Waals surface area contributed by atoms with E-state index in [1.54, 1.807) is 0 Å². The number of aliphatic hydroxyl groups excluding tert-OH is 1. The first-order valence-corrected chi connectivity index (χ1v) is 3.84. The van der Waals surface area contributed by atoms with E-state index in [9.17, 15) is 0 Å². The third kappa shape index (κ3) is 1.88. The van der Waals surface area contributed by atoms with Crippen LogP contribution in [-0.2, 0) is 0 Å². The van der Waals surface area contributed by atoms with Crippen LogP contribution in [0.4, 0.5) is 0 Å². The van der Waals surface area contributed by atoms with Crippen molar-refractivity contribution in [3.8, 4) is 0 Å². The van der Waals surface area contributed by atoms with Crippen LogP contribution in [0.15, 0.2) is 0 Å². The minimum absolute atomic E-state index is 0.101. The average molecular weight is 222 g/mol. The summed E-state index contributed by atoms with van der Waals surface area (Å²) in [5.74, 6) is 0. The molecule has 5 nitrogen and oxygen atoms in total. The van der Waals surface area contributed by atoms with E-state index in [0.29, 0.717) is 9.81 Å². The third-order valence-corrected chi connectivity index (χ3v) is 2.20. The highest BCUT2D eigenvalue weighted by Crippen LogP contribution is 2.22. The average Bonchev–Trinajstić information content (AvgIpc) is 1.97. The number of hydrazine groups is 2. The highest BCUT2D eigenvalue weighted by atomic mass is 35.5. The molecule has 0 radical (unpaired) electrons. The van der Waals surface area contributed by atoms with Crippen molar-refractivity contribution in [3.63, 3.8) is 0 Å². The molecule has 2 N–H and O–H groups in total. The summed E-state index contributed by atoms with van der Waals surface area (Å²) in [5.41, 5.74) is 0. The molecule has 2 unspecified atom stereocenters. The zero-order chi connectivity index (χ0) is 8.59. The maximum Gasteiger partial charge on any atom is 0.156 e. The number of rotatable bonds is 0. The predicted molar refractivity (Wildman–Crippen MR) is 39.5 cm³/mol. The number of alkyl halides is 1. The van der Waals surface area contributed by atoms with E-state index < -0.39 is 11.6 Å². The van der Waals surface area contributed by atoms with Gasteiger partial charge in [0, 0.05) is 11.8 Å². The molecule has 0 saturated carbocycles. The van der Waals surface area contributed by atoms with Crippen LogP contribution in [0, 0.1) is 0 Å². The van der Waals surface area contributed by atoms with Crippen molar-refractivity contribution in [2.45, 2.75) is 11.6 Å². The van der Waals surface area contributed by atoms with Crippen LogP contribution in [-0.4, -0.2) is 42.8 Å². The molecule has 1 heterocycles. The molecule has 0 aromatic carbocycles. The molecule has 2 atom stereocenters. The summed E-state index contributed by atoms with van der Waals surface area (Å²) in [6.07, 6.45) is -1.15. The Kier molecular flexibility index (Phi) is 3.18. The number of hydrogen-bond donors (Lipinski definition) is 2. The molecule has 66 valence electrons. The van der Waals surface area contributed by atoms with Crippen molar-refractivity contribution in [3.05, 3.63) is 0 Å². The van der Waals surface area contributed by atoms with Gasteiger partial charge in [0.15, 0.2) is 6.23 Å². The van der Waals surface area contributed by atoms with Gasteiger partial charge in [-0.05, 0) is 17.1 Å². The number of nitrogens with zero attached hydrogens (tertiary/aromatic N) is 3. The zero-order valence-corrected chi connectivity index (χ0v) is 7.50. The van der Waals surface area contributed by atoms with Crippen molar-refractivity contribution >= 4 is 35.2 Å². The lowest BCUT2D eigenvalue weighted by Crippen LogP contribution is -2.58. The summed E-state index contributed by atoms with van der Waals surface area (Å²) in [6, 6.07) is 0. The molecule has 0 spiro atoms. The summed E-state index contributed by atoms with van der Waals surface area (Å²) in [7, 11) is 0. The van der Waals surface area contributed by atoms with E-state index in [1.165, 1.54) is 0 Å². The van der Waals surface area contributed by atoms with E-state index in [2.05, 4.69) is 0 Å². The molecule has 0 amide bonds. The topological polar surface area (TPSA) is 50.2 Å². The molecule has 8 heteroatoms. The number of hydrogen-bond acceptors (Lipinski definition) is 5. The first-order chi connectivity index (χ1) is 5.04. The fraction of sp³-hybridized carbons (Fsp3) is 1.00. The quantitative estimate of drug-likeness (QED) is 0.458. The van der Waals surface area contributed by atoms with Crippen LogP contribution in [0.25, 0.3) is 0 Å². The molecule has 1 aliphatic rings. The molecule has 0 aromatic rings. The molecule has 1 saturated heterocycles. The van der Waals surface area contributed by atoms with Crippen LogP contribution in [0.3, 0.4) is 0 Å². The predicted octanol–water partition coefficient (Wildman–Crippen LogP) is 0.359. The summed E-state index contributed by atoms with van der Waals surface area (Å²) in [6.45, 7) is 0.101. The summed E-state index contributed by atoms with van der Waals surface area (Å²) >= 11 is 16.3. The van der Waals surface area contributed by atoms with E-state index in [0.717, 1.165) is 4.53 Å². The van der Waals surface area contributed by atoms with Crippen molar-refractivity contribution in [2.75, 3.05) is 6.54 Å². The Labute approximate surface area is 78.4 Å². The molecule has 0 aliphatic carbocycles. The molecule has 1 rings (SSSR count). The van der Waals surface area contributed by atoms with Gasteiger partial charge in [-0.1, -0.05) is 4.53 Å². The second-order valence-corrected chi connectivity index (χ2v) is 3.30. The Hall–Kier alpha value is 0.670. The van der Waals surface area contributed by atoms with Gasteiger partial charge in [-0.3, -0.25) is 5.21 Å². The molecular weight excluding hydrogens is 216 g/mol. The molecular formula is C3H6Cl3N3O2. The normalized spacial score (nSPS) is 37.9. The van der Waals surface area contributed by atoms with E-state index in [-0.39, 0.29) is 6.54 Å². The fourth-order valence-corrected chi connectivity index (χ4v) is 1.48. The van der Waals surface area contributed by atoms with E-state index in [1.807, 2.05) is 0 Å². The van der Waals surface area contributed by atoms with Crippen molar-refractivity contribution < 1.29 is 10.3 Å². The lowest BCUT2D eigenvalue weighted by molar-refractivity contribution is -0.348. The lowest BCUT2D eigenvalue weighted by atomic mass is 10.4. The van der Waals surface area contributed by atoms with Gasteiger partial charge in [-0.2, -0.15) is 0 Å². The smallest absolute Gasteiger partial charge is 0.156 e. The van der Waals surface area contributed by atoms with Gasteiger partial charge in [-0.25, -0.2) is 0 Å². The van der Waals surface area contributed by atoms with Crippen LogP contribution < -0.4 is 0 Å². The van der Waals surface area contributed by atoms with E-state index in [4.69, 9.17) is 45.5 Å². The number of aliphatic hydroxyl groups is 1. The summed E-state index contributed by atoms with van der Waals surface area (Å²) in [5, 5.41) is 17.8. The standard InChI is InChI=1S/C3H6Cl3N3O2/c4-2-1-7(5)9(11)8(6)3(2)10/h2-3,10-11H,1H2. The summed E-state index contributed by atoms with van der Waals surface area (Å²) < 4.78 is 1.44. The second-order valence-electron chi connectivity index (χ2n) is 2.01. The molecule has 0 aromatic heterocycles. The van der Waals surface area contributed by atoms with Crippen LogP contribution in [0.1, 0.15) is 0 Å². The van der Waals surface area contributed by atoms with Gasteiger partial charge < -0.3 is 5.11 Å². The Morgan fingerprint density at radius 1 is 1.36 bits per heavy atom. The largest absolute Gasteiger partial charge is 0.374 e. The van der Waals surface area contributed by atoms with Gasteiger partial charge in [-0.15, -0.1) is 16.1 Å². The Balaban J connectivity index is 2.63. The van der Waals surface area contributed by atoms with Gasteiger partial charge in [0.2, 0.25) is 0 Å².